The molecule has 0 spiro atoms. The van der Waals surface area contributed by atoms with Crippen molar-refractivity contribution in [2.24, 2.45) is 5.73 Å². The van der Waals surface area contributed by atoms with E-state index in [1.807, 2.05) is 0 Å². The summed E-state index contributed by atoms with van der Waals surface area (Å²) in [6.45, 7) is -0.203. The molecule has 0 rings (SSSR count). The zero-order chi connectivity index (χ0) is 4.99. The van der Waals surface area contributed by atoms with Crippen molar-refractivity contribution in [3.05, 3.63) is 0 Å². The van der Waals surface area contributed by atoms with Crippen molar-refractivity contribution in [1.82, 2.24) is 0 Å². The van der Waals surface area contributed by atoms with Crippen LogP contribution < -0.4 is 5.73 Å². The highest BCUT2D eigenvalue weighted by Crippen LogP contribution is 2.10. The minimum Gasteiger partial charge on any atom is -0.308 e. The maximum absolute atomic E-state index is 9.45. The Kier molecular flexibility index (Phi) is 3.17. The summed E-state index contributed by atoms with van der Waals surface area (Å²) in [6.07, 6.45) is 0. The molecule has 5 heteroatoms. The van der Waals surface area contributed by atoms with Gasteiger partial charge in [-0.25, -0.2) is 4.57 Å². The van der Waals surface area contributed by atoms with Crippen LogP contribution in [-0.4, -0.2) is 11.6 Å². The van der Waals surface area contributed by atoms with E-state index in [0.717, 1.165) is 0 Å². The topological polar surface area (TPSA) is 72.5 Å². The lowest BCUT2D eigenvalue weighted by Gasteiger charge is -1.84. The Morgan fingerprint density at radius 2 is 2.50 bits per heavy atom. The van der Waals surface area contributed by atoms with Gasteiger partial charge in [-0.1, -0.05) is 0 Å². The molecule has 0 saturated heterocycles. The fourth-order valence-electron chi connectivity index (χ4n) is 0.0638. The maximum Gasteiger partial charge on any atom is 0.367 e. The summed E-state index contributed by atoms with van der Waals surface area (Å²) in [4.78, 5) is 7.76. The van der Waals surface area contributed by atoms with Gasteiger partial charge in [-0.3, -0.25) is 9.42 Å². The van der Waals surface area contributed by atoms with E-state index in [1.54, 1.807) is 0 Å². The molecule has 0 aromatic carbocycles. The predicted octanol–water partition coefficient (Wildman–Crippen LogP) is -0.431. The second kappa shape index (κ2) is 3.18. The molecule has 4 nitrogen and oxygen atoms in total. The predicted molar refractivity (Wildman–Crippen MR) is 20.0 cm³/mol. The summed E-state index contributed by atoms with van der Waals surface area (Å²) in [5, 5.41) is 0. The first kappa shape index (κ1) is 5.98. The van der Waals surface area contributed by atoms with E-state index in [2.05, 4.69) is 10.3 Å². The molecule has 0 saturated carbocycles. The first-order valence-electron chi connectivity index (χ1n) is 1.26. The third kappa shape index (κ3) is 3.98. The average Bonchev–Trinajstić information content (AvgIpc) is 1.35. The van der Waals surface area contributed by atoms with Gasteiger partial charge >= 0.3 is 8.25 Å². The fourth-order valence-corrected chi connectivity index (χ4v) is 0.191. The summed E-state index contributed by atoms with van der Waals surface area (Å²) >= 11 is 0. The molecule has 1 unspecified atom stereocenters. The minimum absolute atomic E-state index is 0.203. The highest BCUT2D eigenvalue weighted by Gasteiger charge is 1.84. The molecule has 0 fully saturated rings. The Balaban J connectivity index is 2.83. The number of rotatable bonds is 2. The summed E-state index contributed by atoms with van der Waals surface area (Å²) in [6, 6.07) is 0. The van der Waals surface area contributed by atoms with Gasteiger partial charge < -0.3 is 5.73 Å². The second-order valence-electron chi connectivity index (χ2n) is 0.534. The Morgan fingerprint density at radius 1 is 2.00 bits per heavy atom. The zero-order valence-corrected chi connectivity index (χ0v) is 3.89. The van der Waals surface area contributed by atoms with E-state index >= 15 is 0 Å². The van der Waals surface area contributed by atoms with E-state index < -0.39 is 8.25 Å². The summed E-state index contributed by atoms with van der Waals surface area (Å²) in [5.74, 6) is 0. The molecule has 0 aliphatic rings. The van der Waals surface area contributed by atoms with Gasteiger partial charge in [0.05, 0.1) is 0 Å². The summed E-state index contributed by atoms with van der Waals surface area (Å²) in [5.41, 5.74) is 4.66. The molecule has 0 bridgehead atoms. The normalized spacial score (nSPS) is 11.3. The van der Waals surface area contributed by atoms with Crippen molar-refractivity contribution >= 4 is 8.25 Å². The standard InChI is InChI=1S/CH5NO3P/c2-1-5-6(3)4/h1-2H2,(H,3,4). The van der Waals surface area contributed by atoms with Crippen LogP contribution >= 0.6 is 8.25 Å². The molecule has 3 N–H and O–H groups in total. The van der Waals surface area contributed by atoms with Gasteiger partial charge in [-0.05, 0) is 0 Å². The van der Waals surface area contributed by atoms with Crippen LogP contribution in [0.25, 0.3) is 0 Å². The maximum atomic E-state index is 9.45. The van der Waals surface area contributed by atoms with Crippen LogP contribution in [0.15, 0.2) is 0 Å². The van der Waals surface area contributed by atoms with Crippen molar-refractivity contribution in [3.8, 4) is 0 Å². The highest BCUT2D eigenvalue weighted by atomic mass is 31.1. The van der Waals surface area contributed by atoms with Gasteiger partial charge in [-0.2, -0.15) is 0 Å². The van der Waals surface area contributed by atoms with E-state index in [-0.39, 0.29) is 6.73 Å². The van der Waals surface area contributed by atoms with Gasteiger partial charge in [-0.15, -0.1) is 0 Å². The van der Waals surface area contributed by atoms with Gasteiger partial charge in [0, 0.05) is 0 Å². The molecular formula is CH5NO3P. The van der Waals surface area contributed by atoms with Crippen LogP contribution in [0.3, 0.4) is 0 Å². The van der Waals surface area contributed by atoms with Gasteiger partial charge in [0.1, 0.15) is 6.73 Å². The molecule has 6 heavy (non-hydrogen) atoms. The molecule has 0 aliphatic carbocycles. The summed E-state index contributed by atoms with van der Waals surface area (Å²) in [7, 11) is -2.48. The van der Waals surface area contributed by atoms with Crippen LogP contribution in [0.2, 0.25) is 0 Å². The number of hydrogen-bond donors (Lipinski definition) is 2. The second-order valence-corrected chi connectivity index (χ2v) is 1.27. The van der Waals surface area contributed by atoms with Crippen LogP contribution in [0.4, 0.5) is 0 Å². The van der Waals surface area contributed by atoms with Crippen molar-refractivity contribution in [3.63, 3.8) is 0 Å². The zero-order valence-electron chi connectivity index (χ0n) is 3.00. The number of nitrogens with two attached hydrogens (primary N) is 1. The summed E-state index contributed by atoms with van der Waals surface area (Å²) < 4.78 is 13.3. The Morgan fingerprint density at radius 3 is 2.50 bits per heavy atom. The third-order valence-corrected chi connectivity index (χ3v) is 0.555. The smallest absolute Gasteiger partial charge is 0.308 e. The Hall–Kier alpha value is -0.0200. The highest BCUT2D eigenvalue weighted by molar-refractivity contribution is 7.32. The Bertz CT molecular complexity index is 54.8. The van der Waals surface area contributed by atoms with Crippen molar-refractivity contribution in [2.45, 2.75) is 0 Å². The van der Waals surface area contributed by atoms with Crippen LogP contribution in [0.5, 0.6) is 0 Å². The SMILES string of the molecule is NCO[P](=O)O. The van der Waals surface area contributed by atoms with Gasteiger partial charge in [0.25, 0.3) is 0 Å². The van der Waals surface area contributed by atoms with Crippen molar-refractivity contribution < 1.29 is 14.0 Å². The first-order chi connectivity index (χ1) is 2.77. The van der Waals surface area contributed by atoms with Crippen molar-refractivity contribution in [2.75, 3.05) is 6.73 Å². The van der Waals surface area contributed by atoms with E-state index in [9.17, 15) is 4.57 Å². The molecule has 37 valence electrons. The molecule has 0 aliphatic heterocycles. The first-order valence-corrected chi connectivity index (χ1v) is 2.39. The molecule has 0 aromatic heterocycles. The van der Waals surface area contributed by atoms with E-state index in [4.69, 9.17) is 4.89 Å². The molecule has 0 aromatic rings. The number of hydrogen-bond acceptors (Lipinski definition) is 3. The lowest BCUT2D eigenvalue weighted by Crippen LogP contribution is -1.97. The molecule has 0 amide bonds. The molecule has 1 atom stereocenters. The molecular weight excluding hydrogens is 105 g/mol. The minimum atomic E-state index is -2.48. The van der Waals surface area contributed by atoms with Crippen molar-refractivity contribution in [1.29, 1.82) is 0 Å². The Labute approximate surface area is 35.9 Å². The quantitative estimate of drug-likeness (QED) is 0.373. The monoisotopic (exact) mass is 110 g/mol. The van der Waals surface area contributed by atoms with E-state index in [1.165, 1.54) is 0 Å². The lowest BCUT2D eigenvalue weighted by atomic mass is 11.4. The molecule has 1 radical (unpaired) electrons. The fraction of sp³-hybridized carbons (Fsp3) is 1.00. The van der Waals surface area contributed by atoms with Gasteiger partial charge in [0.15, 0.2) is 0 Å². The van der Waals surface area contributed by atoms with E-state index in [0.29, 0.717) is 0 Å². The van der Waals surface area contributed by atoms with Crippen LogP contribution in [-0.2, 0) is 9.09 Å². The lowest BCUT2D eigenvalue weighted by molar-refractivity contribution is 0.290. The van der Waals surface area contributed by atoms with Gasteiger partial charge in [0.2, 0.25) is 0 Å². The third-order valence-electron chi connectivity index (χ3n) is 0.185. The van der Waals surface area contributed by atoms with Crippen LogP contribution in [0, 0.1) is 0 Å². The average molecular weight is 110 g/mol. The molecule has 0 heterocycles. The largest absolute Gasteiger partial charge is 0.367 e. The van der Waals surface area contributed by atoms with Crippen LogP contribution in [0.1, 0.15) is 0 Å².